The first-order valence-electron chi connectivity index (χ1n) is 6.24. The number of alkyl halides is 1. The molecular formula is C14H20ClN. The highest BCUT2D eigenvalue weighted by Crippen LogP contribution is 2.42. The molecule has 1 nitrogen and oxygen atoms in total. The summed E-state index contributed by atoms with van der Waals surface area (Å²) in [6.45, 7) is 2.35. The molecule has 2 heteroatoms. The lowest BCUT2D eigenvalue weighted by atomic mass is 9.72. The first kappa shape index (κ1) is 11.9. The second-order valence-electron chi connectivity index (χ2n) is 5.24. The maximum atomic E-state index is 6.61. The van der Waals surface area contributed by atoms with Gasteiger partial charge in [0.25, 0.3) is 0 Å². The standard InChI is InChI=1S/C14H20ClN/c1-14(7-3-2-4-8-14)13(15)11-12-5-9-16-10-6-12/h5-6,9-10,13H,2-4,7-8,11H2,1H3. The van der Waals surface area contributed by atoms with Crippen LogP contribution in [0.25, 0.3) is 0 Å². The van der Waals surface area contributed by atoms with Crippen LogP contribution in [-0.2, 0) is 6.42 Å². The maximum absolute atomic E-state index is 6.61. The quantitative estimate of drug-likeness (QED) is 0.718. The molecule has 1 atom stereocenters. The van der Waals surface area contributed by atoms with Gasteiger partial charge in [0.1, 0.15) is 0 Å². The van der Waals surface area contributed by atoms with Crippen LogP contribution in [0.15, 0.2) is 24.5 Å². The minimum atomic E-state index is 0.259. The van der Waals surface area contributed by atoms with Gasteiger partial charge in [-0.15, -0.1) is 11.6 Å². The Hall–Kier alpha value is -0.560. The summed E-state index contributed by atoms with van der Waals surface area (Å²) in [4.78, 5) is 4.04. The molecule has 0 saturated heterocycles. The first-order valence-corrected chi connectivity index (χ1v) is 6.67. The van der Waals surface area contributed by atoms with Crippen molar-refractivity contribution in [2.24, 2.45) is 5.41 Å². The van der Waals surface area contributed by atoms with E-state index in [1.807, 2.05) is 12.4 Å². The third-order valence-electron chi connectivity index (χ3n) is 3.92. The van der Waals surface area contributed by atoms with E-state index in [0.29, 0.717) is 5.41 Å². The molecule has 1 aliphatic carbocycles. The Bertz CT molecular complexity index is 317. The van der Waals surface area contributed by atoms with E-state index >= 15 is 0 Å². The van der Waals surface area contributed by atoms with Crippen molar-refractivity contribution in [1.82, 2.24) is 4.98 Å². The molecule has 0 aliphatic heterocycles. The lowest BCUT2D eigenvalue weighted by Gasteiger charge is -2.37. The largest absolute Gasteiger partial charge is 0.265 e. The SMILES string of the molecule is CC1(C(Cl)Cc2ccncc2)CCCCC1. The minimum absolute atomic E-state index is 0.259. The predicted octanol–water partition coefficient (Wildman–Crippen LogP) is 4.20. The summed E-state index contributed by atoms with van der Waals surface area (Å²) in [5.41, 5.74) is 1.64. The molecule has 0 amide bonds. The molecule has 88 valence electrons. The molecule has 16 heavy (non-hydrogen) atoms. The van der Waals surface area contributed by atoms with Crippen molar-refractivity contribution in [2.45, 2.75) is 50.8 Å². The number of hydrogen-bond donors (Lipinski definition) is 0. The lowest BCUT2D eigenvalue weighted by molar-refractivity contribution is 0.205. The average molecular weight is 238 g/mol. The fourth-order valence-electron chi connectivity index (χ4n) is 2.64. The maximum Gasteiger partial charge on any atom is 0.0430 e. The first-order chi connectivity index (χ1) is 7.71. The Labute approximate surface area is 103 Å². The second kappa shape index (κ2) is 5.18. The van der Waals surface area contributed by atoms with Crippen LogP contribution < -0.4 is 0 Å². The summed E-state index contributed by atoms with van der Waals surface area (Å²) in [7, 11) is 0. The van der Waals surface area contributed by atoms with Crippen LogP contribution in [0.3, 0.4) is 0 Å². The van der Waals surface area contributed by atoms with Gasteiger partial charge in [-0.1, -0.05) is 26.2 Å². The molecule has 1 fully saturated rings. The normalized spacial score (nSPS) is 21.6. The van der Waals surface area contributed by atoms with Gasteiger partial charge in [0.05, 0.1) is 0 Å². The number of halogens is 1. The van der Waals surface area contributed by atoms with Crippen LogP contribution in [-0.4, -0.2) is 10.4 Å². The van der Waals surface area contributed by atoms with E-state index in [0.717, 1.165) is 6.42 Å². The summed E-state index contributed by atoms with van der Waals surface area (Å²) in [6.07, 6.45) is 11.3. The molecule has 1 heterocycles. The minimum Gasteiger partial charge on any atom is -0.265 e. The van der Waals surface area contributed by atoms with Crippen molar-refractivity contribution in [3.63, 3.8) is 0 Å². The molecule has 1 saturated carbocycles. The number of aromatic nitrogens is 1. The molecule has 1 aromatic rings. The summed E-state index contributed by atoms with van der Waals surface area (Å²) in [6, 6.07) is 4.14. The third-order valence-corrected chi connectivity index (χ3v) is 4.60. The van der Waals surface area contributed by atoms with Gasteiger partial charge in [-0.05, 0) is 42.4 Å². The van der Waals surface area contributed by atoms with Gasteiger partial charge in [-0.2, -0.15) is 0 Å². The van der Waals surface area contributed by atoms with Crippen LogP contribution >= 0.6 is 11.6 Å². The Morgan fingerprint density at radius 2 is 1.88 bits per heavy atom. The monoisotopic (exact) mass is 237 g/mol. The van der Waals surface area contributed by atoms with Gasteiger partial charge in [-0.25, -0.2) is 0 Å². The van der Waals surface area contributed by atoms with Crippen LogP contribution in [0.1, 0.15) is 44.6 Å². The zero-order valence-electron chi connectivity index (χ0n) is 9.95. The van der Waals surface area contributed by atoms with Crippen molar-refractivity contribution in [3.8, 4) is 0 Å². The van der Waals surface area contributed by atoms with Crippen LogP contribution in [0, 0.1) is 5.41 Å². The second-order valence-corrected chi connectivity index (χ2v) is 5.77. The van der Waals surface area contributed by atoms with Crippen LogP contribution in [0.4, 0.5) is 0 Å². The highest BCUT2D eigenvalue weighted by Gasteiger charge is 2.34. The summed E-state index contributed by atoms with van der Waals surface area (Å²) >= 11 is 6.61. The van der Waals surface area contributed by atoms with Crippen molar-refractivity contribution >= 4 is 11.6 Å². The summed E-state index contributed by atoms with van der Waals surface area (Å²) < 4.78 is 0. The van der Waals surface area contributed by atoms with E-state index in [-0.39, 0.29) is 5.38 Å². The van der Waals surface area contributed by atoms with Gasteiger partial charge in [0.15, 0.2) is 0 Å². The van der Waals surface area contributed by atoms with E-state index in [1.54, 1.807) is 0 Å². The molecular weight excluding hydrogens is 218 g/mol. The van der Waals surface area contributed by atoms with Gasteiger partial charge >= 0.3 is 0 Å². The zero-order chi connectivity index (χ0) is 11.4. The van der Waals surface area contributed by atoms with E-state index in [1.165, 1.54) is 37.7 Å². The number of nitrogens with zero attached hydrogens (tertiary/aromatic N) is 1. The van der Waals surface area contributed by atoms with Crippen molar-refractivity contribution in [3.05, 3.63) is 30.1 Å². The van der Waals surface area contributed by atoms with Crippen molar-refractivity contribution < 1.29 is 0 Å². The molecule has 0 radical (unpaired) electrons. The van der Waals surface area contributed by atoms with Crippen molar-refractivity contribution in [1.29, 1.82) is 0 Å². The average Bonchev–Trinajstić information content (AvgIpc) is 2.31. The molecule has 1 aromatic heterocycles. The predicted molar refractivity (Wildman–Crippen MR) is 68.8 cm³/mol. The fraction of sp³-hybridized carbons (Fsp3) is 0.643. The van der Waals surface area contributed by atoms with Gasteiger partial charge < -0.3 is 0 Å². The Morgan fingerprint density at radius 3 is 2.50 bits per heavy atom. The summed E-state index contributed by atoms with van der Waals surface area (Å²) in [5.74, 6) is 0. The van der Waals surface area contributed by atoms with Crippen LogP contribution in [0.5, 0.6) is 0 Å². The Kier molecular flexibility index (Phi) is 3.86. The van der Waals surface area contributed by atoms with E-state index in [4.69, 9.17) is 11.6 Å². The third kappa shape index (κ3) is 2.76. The van der Waals surface area contributed by atoms with Gasteiger partial charge in [0, 0.05) is 17.8 Å². The lowest BCUT2D eigenvalue weighted by Crippen LogP contribution is -2.32. The zero-order valence-corrected chi connectivity index (χ0v) is 10.7. The summed E-state index contributed by atoms with van der Waals surface area (Å²) in [5, 5.41) is 0.259. The van der Waals surface area contributed by atoms with E-state index < -0.39 is 0 Å². The van der Waals surface area contributed by atoms with Crippen LogP contribution in [0.2, 0.25) is 0 Å². The highest BCUT2D eigenvalue weighted by molar-refractivity contribution is 6.21. The Morgan fingerprint density at radius 1 is 1.25 bits per heavy atom. The topological polar surface area (TPSA) is 12.9 Å². The number of rotatable bonds is 3. The molecule has 0 N–H and O–H groups in total. The van der Waals surface area contributed by atoms with Gasteiger partial charge in [0.2, 0.25) is 0 Å². The number of hydrogen-bond acceptors (Lipinski definition) is 1. The molecule has 0 aromatic carbocycles. The molecule has 1 aliphatic rings. The van der Waals surface area contributed by atoms with Gasteiger partial charge in [-0.3, -0.25) is 4.98 Å². The number of pyridine rings is 1. The molecule has 2 rings (SSSR count). The fourth-order valence-corrected chi connectivity index (χ4v) is 3.04. The molecule has 1 unspecified atom stereocenters. The smallest absolute Gasteiger partial charge is 0.0430 e. The van der Waals surface area contributed by atoms with Crippen molar-refractivity contribution in [2.75, 3.05) is 0 Å². The highest BCUT2D eigenvalue weighted by atomic mass is 35.5. The van der Waals surface area contributed by atoms with E-state index in [9.17, 15) is 0 Å². The molecule has 0 bridgehead atoms. The Balaban J connectivity index is 1.99. The van der Waals surface area contributed by atoms with E-state index in [2.05, 4.69) is 24.0 Å². The molecule has 0 spiro atoms.